The van der Waals surface area contributed by atoms with Crippen molar-refractivity contribution in [2.75, 3.05) is 17.7 Å². The second kappa shape index (κ2) is 7.06. The van der Waals surface area contributed by atoms with Gasteiger partial charge in [-0.1, -0.05) is 6.07 Å². The topological polar surface area (TPSA) is 98.6 Å². The van der Waals surface area contributed by atoms with Gasteiger partial charge in [-0.2, -0.15) is 5.26 Å². The second-order valence-corrected chi connectivity index (χ2v) is 5.86. The number of methoxy groups -OCH3 is 1. The third-order valence-corrected chi connectivity index (χ3v) is 4.00. The summed E-state index contributed by atoms with van der Waals surface area (Å²) >= 11 is 0. The minimum absolute atomic E-state index is 0.310. The van der Waals surface area contributed by atoms with Crippen molar-refractivity contribution in [3.8, 4) is 11.9 Å². The highest BCUT2D eigenvalue weighted by Crippen LogP contribution is 2.25. The van der Waals surface area contributed by atoms with Crippen LogP contribution in [0.15, 0.2) is 60.9 Å². The zero-order chi connectivity index (χ0) is 18.6. The molecule has 0 unspecified atom stereocenters. The molecule has 3 heterocycles. The molecule has 3 aromatic heterocycles. The van der Waals surface area contributed by atoms with Gasteiger partial charge in [0.1, 0.15) is 17.6 Å². The van der Waals surface area contributed by atoms with Crippen LogP contribution in [0.4, 0.5) is 22.9 Å². The Morgan fingerprint density at radius 1 is 1.00 bits per heavy atom. The van der Waals surface area contributed by atoms with E-state index in [9.17, 15) is 5.26 Å². The first-order valence-corrected chi connectivity index (χ1v) is 8.27. The van der Waals surface area contributed by atoms with Crippen LogP contribution < -0.4 is 15.4 Å². The van der Waals surface area contributed by atoms with Gasteiger partial charge in [-0.3, -0.25) is 0 Å². The van der Waals surface area contributed by atoms with E-state index in [1.54, 1.807) is 25.4 Å². The van der Waals surface area contributed by atoms with Crippen LogP contribution >= 0.6 is 0 Å². The zero-order valence-electron chi connectivity index (χ0n) is 14.5. The van der Waals surface area contributed by atoms with E-state index in [4.69, 9.17) is 4.74 Å². The van der Waals surface area contributed by atoms with Crippen LogP contribution in [0.2, 0.25) is 0 Å². The van der Waals surface area contributed by atoms with Crippen molar-refractivity contribution in [2.24, 2.45) is 0 Å². The lowest BCUT2D eigenvalue weighted by Crippen LogP contribution is -1.99. The number of benzene rings is 1. The first-order chi connectivity index (χ1) is 13.2. The molecule has 0 aliphatic rings. The molecule has 0 atom stereocenters. The van der Waals surface area contributed by atoms with E-state index < -0.39 is 0 Å². The number of hydrogen-bond acceptors (Lipinski definition) is 6. The monoisotopic (exact) mass is 356 g/mol. The van der Waals surface area contributed by atoms with Crippen molar-refractivity contribution in [1.29, 1.82) is 5.26 Å². The zero-order valence-corrected chi connectivity index (χ0v) is 14.5. The predicted octanol–water partition coefficient (Wildman–Crippen LogP) is 4.33. The summed E-state index contributed by atoms with van der Waals surface area (Å²) in [6, 6.07) is 17.2. The van der Waals surface area contributed by atoms with Gasteiger partial charge in [0.15, 0.2) is 0 Å². The summed E-state index contributed by atoms with van der Waals surface area (Å²) in [5.41, 5.74) is 3.73. The molecule has 0 saturated heterocycles. The predicted molar refractivity (Wildman–Crippen MR) is 105 cm³/mol. The average Bonchev–Trinajstić information content (AvgIpc) is 3.16. The van der Waals surface area contributed by atoms with Gasteiger partial charge in [0, 0.05) is 35.2 Å². The average molecular weight is 356 g/mol. The van der Waals surface area contributed by atoms with E-state index in [1.165, 1.54) is 0 Å². The number of aromatic nitrogens is 3. The summed E-state index contributed by atoms with van der Waals surface area (Å²) < 4.78 is 5.06. The molecule has 0 aliphatic carbocycles. The number of fused-ring (bicyclic) bond motifs is 1. The van der Waals surface area contributed by atoms with Crippen molar-refractivity contribution in [2.45, 2.75) is 0 Å². The van der Waals surface area contributed by atoms with Crippen LogP contribution in [0.25, 0.3) is 10.9 Å². The lowest BCUT2D eigenvalue weighted by Gasteiger charge is -2.11. The van der Waals surface area contributed by atoms with Gasteiger partial charge in [-0.15, -0.1) is 0 Å². The van der Waals surface area contributed by atoms with Gasteiger partial charge >= 0.3 is 0 Å². The normalized spacial score (nSPS) is 10.4. The number of pyridine rings is 2. The number of ether oxygens (including phenoxy) is 1. The van der Waals surface area contributed by atoms with Gasteiger partial charge in [0.2, 0.25) is 5.88 Å². The molecular weight excluding hydrogens is 340 g/mol. The SMILES string of the molecule is COc1ccc(Nc2cc(C#N)nc(Nc3ccc4cc[nH]c4c3)c2)cn1. The van der Waals surface area contributed by atoms with Crippen molar-refractivity contribution in [3.05, 3.63) is 66.6 Å². The molecule has 0 aliphatic heterocycles. The standard InChI is InChI=1S/C20H16N6O/c1-27-20-5-4-15(12-23-20)24-16-8-17(11-21)26-19(10-16)25-14-3-2-13-6-7-22-18(13)9-14/h2-10,12,22H,1H3,(H2,24,25,26). The Kier molecular flexibility index (Phi) is 4.29. The van der Waals surface area contributed by atoms with Gasteiger partial charge in [0.05, 0.1) is 19.0 Å². The fourth-order valence-electron chi connectivity index (χ4n) is 2.74. The number of nitrogens with zero attached hydrogens (tertiary/aromatic N) is 3. The largest absolute Gasteiger partial charge is 0.481 e. The number of H-pyrrole nitrogens is 1. The first-order valence-electron chi connectivity index (χ1n) is 8.27. The summed E-state index contributed by atoms with van der Waals surface area (Å²) in [7, 11) is 1.57. The van der Waals surface area contributed by atoms with Crippen LogP contribution in [0.1, 0.15) is 5.69 Å². The lowest BCUT2D eigenvalue weighted by molar-refractivity contribution is 0.398. The maximum absolute atomic E-state index is 9.30. The van der Waals surface area contributed by atoms with E-state index in [2.05, 4.69) is 31.7 Å². The second-order valence-electron chi connectivity index (χ2n) is 5.86. The molecule has 7 nitrogen and oxygen atoms in total. The summed E-state index contributed by atoms with van der Waals surface area (Å²) in [5.74, 6) is 1.11. The highest BCUT2D eigenvalue weighted by molar-refractivity contribution is 5.83. The van der Waals surface area contributed by atoms with Crippen molar-refractivity contribution >= 4 is 33.8 Å². The Hall–Kier alpha value is -4.05. The molecule has 0 fully saturated rings. The molecule has 27 heavy (non-hydrogen) atoms. The lowest BCUT2D eigenvalue weighted by atomic mass is 10.2. The summed E-state index contributed by atoms with van der Waals surface area (Å²) in [4.78, 5) is 11.7. The highest BCUT2D eigenvalue weighted by atomic mass is 16.5. The number of aromatic amines is 1. The van der Waals surface area contributed by atoms with Gasteiger partial charge < -0.3 is 20.4 Å². The summed E-state index contributed by atoms with van der Waals surface area (Å²) in [6.07, 6.45) is 3.56. The molecular formula is C20H16N6O. The minimum atomic E-state index is 0.310. The number of rotatable bonds is 5. The Morgan fingerprint density at radius 2 is 1.89 bits per heavy atom. The van der Waals surface area contributed by atoms with Crippen LogP contribution in [0, 0.1) is 11.3 Å². The molecule has 1 aromatic carbocycles. The van der Waals surface area contributed by atoms with Gasteiger partial charge in [0.25, 0.3) is 0 Å². The van der Waals surface area contributed by atoms with Gasteiger partial charge in [-0.25, -0.2) is 9.97 Å². The third kappa shape index (κ3) is 3.65. The maximum Gasteiger partial charge on any atom is 0.213 e. The first kappa shape index (κ1) is 16.4. The molecule has 0 bridgehead atoms. The van der Waals surface area contributed by atoms with E-state index in [1.807, 2.05) is 42.6 Å². The number of hydrogen-bond donors (Lipinski definition) is 3. The van der Waals surface area contributed by atoms with E-state index >= 15 is 0 Å². The molecule has 0 saturated carbocycles. The number of nitriles is 1. The molecule has 0 radical (unpaired) electrons. The highest BCUT2D eigenvalue weighted by Gasteiger charge is 2.05. The quantitative estimate of drug-likeness (QED) is 0.492. The molecule has 7 heteroatoms. The fourth-order valence-corrected chi connectivity index (χ4v) is 2.74. The summed E-state index contributed by atoms with van der Waals surface area (Å²) in [6.45, 7) is 0. The summed E-state index contributed by atoms with van der Waals surface area (Å²) in [5, 5.41) is 16.9. The smallest absolute Gasteiger partial charge is 0.213 e. The van der Waals surface area contributed by atoms with Crippen molar-refractivity contribution < 1.29 is 4.74 Å². The number of nitrogens with one attached hydrogen (secondary N) is 3. The van der Waals surface area contributed by atoms with Crippen LogP contribution in [-0.2, 0) is 0 Å². The minimum Gasteiger partial charge on any atom is -0.481 e. The van der Waals surface area contributed by atoms with E-state index in [-0.39, 0.29) is 0 Å². The molecule has 4 aromatic rings. The van der Waals surface area contributed by atoms with E-state index in [0.717, 1.165) is 28.0 Å². The Labute approximate surface area is 155 Å². The van der Waals surface area contributed by atoms with Crippen molar-refractivity contribution in [1.82, 2.24) is 15.0 Å². The van der Waals surface area contributed by atoms with E-state index in [0.29, 0.717) is 17.4 Å². The molecule has 0 spiro atoms. The maximum atomic E-state index is 9.30. The van der Waals surface area contributed by atoms with Crippen LogP contribution in [-0.4, -0.2) is 22.1 Å². The van der Waals surface area contributed by atoms with Crippen LogP contribution in [0.5, 0.6) is 5.88 Å². The van der Waals surface area contributed by atoms with Crippen LogP contribution in [0.3, 0.4) is 0 Å². The van der Waals surface area contributed by atoms with Crippen molar-refractivity contribution in [3.63, 3.8) is 0 Å². The third-order valence-electron chi connectivity index (χ3n) is 4.00. The molecule has 0 amide bonds. The Morgan fingerprint density at radius 3 is 2.67 bits per heavy atom. The molecule has 4 rings (SSSR count). The number of anilines is 4. The fraction of sp³-hybridized carbons (Fsp3) is 0.0500. The molecule has 3 N–H and O–H groups in total. The Balaban J connectivity index is 1.60. The molecule has 132 valence electrons. The van der Waals surface area contributed by atoms with Gasteiger partial charge in [-0.05, 0) is 35.7 Å². The Bertz CT molecular complexity index is 1130.